The molecule has 22 N–H and O–H groups in total. The van der Waals surface area contributed by atoms with E-state index in [1.165, 1.54) is 18.2 Å². The number of phenols is 1. The first-order chi connectivity index (χ1) is 70.0. The average molecular weight is 2070 g/mol. The maximum absolute atomic E-state index is 12.8. The molecule has 8 aromatic carbocycles. The number of nitrogens with zero attached hydrogens (tertiary/aromatic N) is 1. The highest BCUT2D eigenvalue weighted by atomic mass is 35.5. The third-order valence-corrected chi connectivity index (χ3v) is 23.5. The number of primary amides is 4. The first-order valence-electron chi connectivity index (χ1n) is 46.7. The van der Waals surface area contributed by atoms with Crippen LogP contribution in [0.15, 0.2) is 194 Å². The molecule has 788 valence electrons. The summed E-state index contributed by atoms with van der Waals surface area (Å²) in [5.41, 5.74) is 31.3. The van der Waals surface area contributed by atoms with Crippen molar-refractivity contribution in [1.29, 1.82) is 0 Å². The molecular weight excluding hydrogens is 1950 g/mol. The molecule has 8 aromatic rings. The lowest BCUT2D eigenvalue weighted by atomic mass is 9.92. The van der Waals surface area contributed by atoms with Gasteiger partial charge in [-0.3, -0.25) is 106 Å². The summed E-state index contributed by atoms with van der Waals surface area (Å²) in [6.07, 6.45) is -4.28. The van der Waals surface area contributed by atoms with Gasteiger partial charge in [0.25, 0.3) is 5.69 Å². The number of nitrogens with one attached hydrogen (secondary N) is 4. The van der Waals surface area contributed by atoms with Crippen LogP contribution >= 0.6 is 11.6 Å². The average Bonchev–Trinajstić information content (AvgIpc) is 0.836. The van der Waals surface area contributed by atoms with Crippen LogP contribution in [0.25, 0.3) is 44.5 Å². The molecule has 148 heavy (non-hydrogen) atoms. The van der Waals surface area contributed by atoms with Gasteiger partial charge in [0.05, 0.1) is 34.7 Å². The minimum Gasteiger partial charge on any atom is -0.508 e. The zero-order valence-electron chi connectivity index (χ0n) is 80.4. The van der Waals surface area contributed by atoms with Gasteiger partial charge < -0.3 is 95.3 Å². The van der Waals surface area contributed by atoms with Gasteiger partial charge in [0, 0.05) is 144 Å². The number of carboxylic acids is 9. The minimum atomic E-state index is -1.17. The first kappa shape index (κ1) is 121. The molecule has 0 aromatic heterocycles. The van der Waals surface area contributed by atoms with E-state index in [4.69, 9.17) is 80.5 Å². The molecule has 0 spiro atoms. The van der Waals surface area contributed by atoms with Crippen molar-refractivity contribution < 1.29 is 157 Å². The molecule has 8 amide bonds. The predicted molar refractivity (Wildman–Crippen MR) is 533 cm³/mol. The van der Waals surface area contributed by atoms with Gasteiger partial charge in [-0.1, -0.05) is 157 Å². The van der Waals surface area contributed by atoms with Crippen LogP contribution in [0.3, 0.4) is 0 Å². The summed E-state index contributed by atoms with van der Waals surface area (Å²) < 4.78 is 0. The number of aryl methyl sites for hydroxylation is 4. The lowest BCUT2D eigenvalue weighted by Crippen LogP contribution is -2.43. The zero-order chi connectivity index (χ0) is 110. The number of benzene rings is 8. The van der Waals surface area contributed by atoms with Gasteiger partial charge in [0.1, 0.15) is 5.75 Å². The number of non-ortho nitro benzene ring substituents is 1. The summed E-state index contributed by atoms with van der Waals surface area (Å²) in [7, 11) is 0. The summed E-state index contributed by atoms with van der Waals surface area (Å²) in [5.74, 6) is -21.8. The summed E-state index contributed by atoms with van der Waals surface area (Å²) in [6, 6.07) is 51.7. The van der Waals surface area contributed by atoms with Crippen LogP contribution in [-0.2, 0) is 122 Å². The van der Waals surface area contributed by atoms with Crippen molar-refractivity contribution in [2.45, 2.75) is 204 Å². The minimum absolute atomic E-state index is 0.00294. The Bertz CT molecular complexity index is 5670. The number of aromatic carboxylic acids is 1. The van der Waals surface area contributed by atoms with Gasteiger partial charge in [0.2, 0.25) is 47.3 Å². The van der Waals surface area contributed by atoms with E-state index in [0.29, 0.717) is 36.3 Å². The molecule has 0 aliphatic rings. The van der Waals surface area contributed by atoms with E-state index in [9.17, 15) is 116 Å². The number of phenolic OH excluding ortho intramolecular Hbond substituents is 1. The van der Waals surface area contributed by atoms with Crippen molar-refractivity contribution in [2.75, 3.05) is 0 Å². The van der Waals surface area contributed by atoms with Gasteiger partial charge in [-0.05, 0) is 180 Å². The Balaban J connectivity index is 0.000000347. The standard InChI is InChI=1S/C27H30N2O9.C26H29ClN2O7.C26H29N3O9.C26H30N2O8/c28-26(36)19(9-12-24(32)33)15-22(30)21(10-13-25(34)35)29-23(31)11-6-16-4-7-17(8-5-16)18-2-1-3-20(14-18)27(37)38;27-20-3-1-2-18(14-20)17-7-4-16(5-8-17)6-11-23(31)29-21(10-13-25(34)35)22(30)15-19(26(28)36)9-12-24(32)33;27-26(36)19(9-12-24(32)33)15-22(30)21(10-13-25(34)35)28-23(31)11-6-16-4-7-17(8-5-16)18-2-1-3-20(14-18)29(37)38;27-26(36)19(9-12-24(32)33)15-22(30)21(10-13-25(34)35)28-23(31)11-6-16-4-7-17(8-5-16)18-2-1-3-20(29)14-18/h1-5,7-8,14,19,21H,6,9-13,15H2,(H2,28,36)(H,29,31)(H,32,33)(H,34,35)(H,37,38);1-5,7-8,14,19,21H,6,9-13,15H2,(H2,28,36)(H,29,31)(H,32,33)(H,34,35);1-5,7-8,14,19,21H,6,9-13,15H2,(H2,27,36)(H,28,31)(H,32,33)(H,34,35);1-5,7-8,14,19,21,29H,6,9-13,15H2,(H2,27,36)(H,28,31)(H,32,33)(H,34,35)/t4*19-,21+/m1111/s1. The molecule has 8 rings (SSSR count). The number of amides is 8. The quantitative estimate of drug-likeness (QED) is 0.0124. The van der Waals surface area contributed by atoms with E-state index in [0.717, 1.165) is 61.2 Å². The fraction of sp³-hybridized carbons (Fsp3) is 0.343. The number of carboxylic acid groups (broad SMARTS) is 9. The topological polar surface area (TPSA) is 756 Å². The number of nitro benzene ring substituents is 1. The number of carbonyl (C=O) groups excluding carboxylic acids is 12. The van der Waals surface area contributed by atoms with Crippen LogP contribution < -0.4 is 44.2 Å². The van der Waals surface area contributed by atoms with Crippen molar-refractivity contribution >= 4 is 141 Å². The number of carbonyl (C=O) groups is 21. The fourth-order valence-corrected chi connectivity index (χ4v) is 15.2. The lowest BCUT2D eigenvalue weighted by molar-refractivity contribution is -0.384. The van der Waals surface area contributed by atoms with Crippen molar-refractivity contribution in [3.05, 3.63) is 237 Å². The van der Waals surface area contributed by atoms with E-state index < -0.39 is 203 Å². The van der Waals surface area contributed by atoms with Gasteiger partial charge in [0.15, 0.2) is 23.1 Å². The molecular formula is C105H118ClN9O33. The molecule has 0 heterocycles. The Kier molecular flexibility index (Phi) is 51.8. The SMILES string of the molecule is NC(=O)[C@H](CCC(=O)O)CC(=O)[C@H](CCC(=O)O)NC(=O)CCc1ccc(-c2cccc(C(=O)O)c2)cc1.NC(=O)[C@H](CCC(=O)O)CC(=O)[C@H](CCC(=O)O)NC(=O)CCc1ccc(-c2cccc(Cl)c2)cc1.NC(=O)[C@H](CCC(=O)O)CC(=O)[C@H](CCC(=O)O)NC(=O)CCc1ccc(-c2cccc(O)c2)cc1.NC(=O)[C@H](CCC(=O)O)CC(=O)[C@H](CCC(=O)O)NC(=O)CCc1ccc(-c2cccc([N+](=O)[O-])c2)cc1. The number of nitro groups is 1. The summed E-state index contributed by atoms with van der Waals surface area (Å²) in [4.78, 5) is 257. The number of nitrogens with two attached hydrogens (primary N) is 4. The molecule has 0 fully saturated rings. The second-order valence-electron chi connectivity index (χ2n) is 34.6. The van der Waals surface area contributed by atoms with Crippen molar-refractivity contribution in [1.82, 2.24) is 21.3 Å². The number of Topliss-reactive ketones (excluding diaryl/α,β-unsaturated/α-hetero) is 4. The lowest BCUT2D eigenvalue weighted by Gasteiger charge is -2.19. The van der Waals surface area contributed by atoms with Gasteiger partial charge in [-0.15, -0.1) is 0 Å². The fourth-order valence-electron chi connectivity index (χ4n) is 15.0. The Morgan fingerprint density at radius 2 is 0.507 bits per heavy atom. The van der Waals surface area contributed by atoms with Crippen LogP contribution in [0.2, 0.25) is 5.02 Å². The van der Waals surface area contributed by atoms with Gasteiger partial charge >= 0.3 is 53.7 Å². The van der Waals surface area contributed by atoms with E-state index >= 15 is 0 Å². The molecule has 42 nitrogen and oxygen atoms in total. The summed E-state index contributed by atoms with van der Waals surface area (Å²) >= 11 is 6.04. The Hall–Kier alpha value is -17.1. The molecule has 0 bridgehead atoms. The molecule has 0 saturated heterocycles. The molecule has 0 aliphatic carbocycles. The van der Waals surface area contributed by atoms with Crippen LogP contribution in [0.1, 0.15) is 187 Å². The highest BCUT2D eigenvalue weighted by Crippen LogP contribution is 2.30. The van der Waals surface area contributed by atoms with Crippen molar-refractivity contribution in [2.24, 2.45) is 46.6 Å². The summed E-state index contributed by atoms with van der Waals surface area (Å²) in [5, 5.41) is 112. The maximum atomic E-state index is 12.8. The highest BCUT2D eigenvalue weighted by molar-refractivity contribution is 6.30. The number of aliphatic carboxylic acids is 8. The monoisotopic (exact) mass is 2070 g/mol. The summed E-state index contributed by atoms with van der Waals surface area (Å²) in [6.45, 7) is 0. The van der Waals surface area contributed by atoms with E-state index in [1.54, 1.807) is 103 Å². The van der Waals surface area contributed by atoms with Gasteiger partial charge in [-0.25, -0.2) is 4.79 Å². The first-order valence-corrected chi connectivity index (χ1v) is 47.1. The Morgan fingerprint density at radius 3 is 0.743 bits per heavy atom. The molecule has 0 radical (unpaired) electrons. The number of hydrogen-bond acceptors (Lipinski definition) is 24. The third kappa shape index (κ3) is 47.4. The Morgan fingerprint density at radius 1 is 0.277 bits per heavy atom. The normalized spacial score (nSPS) is 12.3. The second-order valence-corrected chi connectivity index (χ2v) is 35.0. The van der Waals surface area contributed by atoms with Crippen LogP contribution in [-0.4, -0.2) is 204 Å². The molecule has 0 aliphatic heterocycles. The third-order valence-electron chi connectivity index (χ3n) is 23.3. The van der Waals surface area contributed by atoms with E-state index in [2.05, 4.69) is 21.3 Å². The Labute approximate surface area is 852 Å². The van der Waals surface area contributed by atoms with Crippen molar-refractivity contribution in [3.63, 3.8) is 0 Å². The number of hydrogen-bond donors (Lipinski definition) is 18. The second kappa shape index (κ2) is 63.1. The predicted octanol–water partition coefficient (Wildman–Crippen LogP) is 10.2. The van der Waals surface area contributed by atoms with E-state index in [-0.39, 0.29) is 145 Å². The van der Waals surface area contributed by atoms with Crippen LogP contribution in [0.4, 0.5) is 5.69 Å². The number of aromatic hydroxyl groups is 1. The number of halogens is 1. The molecule has 43 heteroatoms. The molecule has 0 unspecified atom stereocenters. The van der Waals surface area contributed by atoms with Crippen molar-refractivity contribution in [3.8, 4) is 50.3 Å². The molecule has 0 saturated carbocycles. The van der Waals surface area contributed by atoms with Crippen LogP contribution in [0, 0.1) is 33.8 Å². The zero-order valence-corrected chi connectivity index (χ0v) is 81.1. The smallest absolute Gasteiger partial charge is 0.335 e. The highest BCUT2D eigenvalue weighted by Gasteiger charge is 2.33. The number of rotatable bonds is 62. The van der Waals surface area contributed by atoms with E-state index in [1.807, 2.05) is 72.8 Å². The van der Waals surface area contributed by atoms with Crippen LogP contribution in [0.5, 0.6) is 5.75 Å². The molecule has 8 atom stereocenters. The number of ketones is 4. The van der Waals surface area contributed by atoms with Gasteiger partial charge in [-0.2, -0.15) is 0 Å². The maximum Gasteiger partial charge on any atom is 0.335 e. The largest absolute Gasteiger partial charge is 0.508 e.